The topological polar surface area (TPSA) is 23.5 Å². The fourth-order valence-electron chi connectivity index (χ4n) is 2.80. The lowest BCUT2D eigenvalue weighted by molar-refractivity contribution is -0.0693. The largest absolute Gasteiger partial charge is 0.390 e. The maximum Gasteiger partial charge on any atom is 0.0820 e. The highest BCUT2D eigenvalue weighted by Gasteiger charge is 2.39. The second-order valence-corrected chi connectivity index (χ2v) is 5.23. The molecule has 19 heavy (non-hydrogen) atoms. The van der Waals surface area contributed by atoms with Crippen molar-refractivity contribution >= 4 is 0 Å². The summed E-state index contributed by atoms with van der Waals surface area (Å²) >= 11 is 0. The van der Waals surface area contributed by atoms with Gasteiger partial charge in [0.1, 0.15) is 0 Å². The highest BCUT2D eigenvalue weighted by molar-refractivity contribution is 5.32. The number of benzene rings is 2. The average Bonchev–Trinajstić information content (AvgIpc) is 2.49. The molecule has 2 atom stereocenters. The molecule has 2 aromatic rings. The maximum atomic E-state index is 9.79. The molecule has 0 aromatic heterocycles. The highest BCUT2D eigenvalue weighted by atomic mass is 16.3. The summed E-state index contributed by atoms with van der Waals surface area (Å²) in [7, 11) is 0. The van der Waals surface area contributed by atoms with Gasteiger partial charge in [-0.25, -0.2) is 0 Å². The van der Waals surface area contributed by atoms with Crippen molar-refractivity contribution in [1.29, 1.82) is 0 Å². The van der Waals surface area contributed by atoms with Crippen LogP contribution in [0.2, 0.25) is 0 Å². The van der Waals surface area contributed by atoms with Gasteiger partial charge in [0.15, 0.2) is 0 Å². The monoisotopic (exact) mass is 253 g/mol. The third kappa shape index (κ3) is 2.29. The number of aliphatic hydroxyl groups excluding tert-OH is 1. The van der Waals surface area contributed by atoms with Gasteiger partial charge in [-0.1, -0.05) is 60.7 Å². The lowest BCUT2D eigenvalue weighted by atomic mass is 9.90. The standard InChI is InChI=1S/C17H19NO/c1-13-16(19)12-18(13)17(14-8-4-2-5-9-14)15-10-6-3-7-11-15/h2-11,13,16-17,19H,12H2,1H3/t13?,16-/m0/s1. The summed E-state index contributed by atoms with van der Waals surface area (Å²) in [6.45, 7) is 2.84. The Hall–Kier alpha value is -1.64. The van der Waals surface area contributed by atoms with Gasteiger partial charge in [0.25, 0.3) is 0 Å². The molecule has 1 fully saturated rings. The Morgan fingerprint density at radius 2 is 1.42 bits per heavy atom. The zero-order chi connectivity index (χ0) is 13.2. The molecule has 1 N–H and O–H groups in total. The first kappa shape index (κ1) is 12.4. The molecule has 1 heterocycles. The molecular formula is C17H19NO. The van der Waals surface area contributed by atoms with E-state index in [0.29, 0.717) is 0 Å². The number of likely N-dealkylation sites (tertiary alicyclic amines) is 1. The molecule has 2 heteroatoms. The van der Waals surface area contributed by atoms with Gasteiger partial charge in [-0.2, -0.15) is 0 Å². The second-order valence-electron chi connectivity index (χ2n) is 5.23. The van der Waals surface area contributed by atoms with E-state index >= 15 is 0 Å². The van der Waals surface area contributed by atoms with Gasteiger partial charge in [0.05, 0.1) is 12.1 Å². The normalized spacial score (nSPS) is 23.3. The minimum Gasteiger partial charge on any atom is -0.390 e. The molecule has 1 aliphatic rings. The first-order valence-electron chi connectivity index (χ1n) is 6.81. The Balaban J connectivity index is 1.97. The fourth-order valence-corrected chi connectivity index (χ4v) is 2.80. The van der Waals surface area contributed by atoms with Gasteiger partial charge in [-0.3, -0.25) is 4.90 Å². The number of hydrogen-bond donors (Lipinski definition) is 1. The molecule has 0 saturated carbocycles. The van der Waals surface area contributed by atoms with Crippen LogP contribution in [-0.4, -0.2) is 28.7 Å². The number of β-amino-alcohol motifs (C(OH)–C–C–N with tert-alkyl or cyclic N) is 1. The fraction of sp³-hybridized carbons (Fsp3) is 0.294. The van der Waals surface area contributed by atoms with Crippen molar-refractivity contribution in [3.8, 4) is 0 Å². The van der Waals surface area contributed by atoms with E-state index in [9.17, 15) is 5.11 Å². The summed E-state index contributed by atoms with van der Waals surface area (Å²) in [5.74, 6) is 0. The molecule has 2 aromatic carbocycles. The Morgan fingerprint density at radius 3 is 1.79 bits per heavy atom. The molecule has 0 spiro atoms. The van der Waals surface area contributed by atoms with E-state index in [1.54, 1.807) is 0 Å². The SMILES string of the molecule is CC1[C@@H](O)CN1C(c1ccccc1)c1ccccc1. The van der Waals surface area contributed by atoms with E-state index in [-0.39, 0.29) is 18.2 Å². The first-order valence-corrected chi connectivity index (χ1v) is 6.81. The first-order chi connectivity index (χ1) is 9.27. The van der Waals surface area contributed by atoms with Gasteiger partial charge in [0.2, 0.25) is 0 Å². The summed E-state index contributed by atoms with van der Waals surface area (Å²) in [4.78, 5) is 2.36. The Bertz CT molecular complexity index is 486. The summed E-state index contributed by atoms with van der Waals surface area (Å²) in [5, 5.41) is 9.79. The van der Waals surface area contributed by atoms with Gasteiger partial charge < -0.3 is 5.11 Å². The maximum absolute atomic E-state index is 9.79. The molecular weight excluding hydrogens is 234 g/mol. The second kappa shape index (κ2) is 5.16. The predicted octanol–water partition coefficient (Wildman–Crippen LogP) is 2.84. The van der Waals surface area contributed by atoms with Crippen LogP contribution in [0.15, 0.2) is 60.7 Å². The lowest BCUT2D eigenvalue weighted by Crippen LogP contribution is -2.59. The molecule has 1 saturated heterocycles. The summed E-state index contributed by atoms with van der Waals surface area (Å²) in [6.07, 6.45) is -0.199. The van der Waals surface area contributed by atoms with Crippen molar-refractivity contribution in [2.45, 2.75) is 25.1 Å². The molecule has 98 valence electrons. The lowest BCUT2D eigenvalue weighted by Gasteiger charge is -2.48. The van der Waals surface area contributed by atoms with Crippen molar-refractivity contribution in [1.82, 2.24) is 4.90 Å². The van der Waals surface area contributed by atoms with Crippen molar-refractivity contribution < 1.29 is 5.11 Å². The number of rotatable bonds is 3. The van der Waals surface area contributed by atoms with Crippen molar-refractivity contribution in [3.63, 3.8) is 0 Å². The highest BCUT2D eigenvalue weighted by Crippen LogP contribution is 2.35. The molecule has 1 unspecified atom stereocenters. The number of hydrogen-bond acceptors (Lipinski definition) is 2. The molecule has 0 amide bonds. The van der Waals surface area contributed by atoms with Crippen LogP contribution in [-0.2, 0) is 0 Å². The van der Waals surface area contributed by atoms with Crippen LogP contribution in [0.1, 0.15) is 24.1 Å². The predicted molar refractivity (Wildman–Crippen MR) is 76.9 cm³/mol. The summed E-state index contributed by atoms with van der Waals surface area (Å²) in [5.41, 5.74) is 2.57. The van der Waals surface area contributed by atoms with Gasteiger partial charge in [-0.15, -0.1) is 0 Å². The van der Waals surface area contributed by atoms with E-state index in [1.807, 2.05) is 12.1 Å². The zero-order valence-electron chi connectivity index (χ0n) is 11.1. The van der Waals surface area contributed by atoms with Crippen molar-refractivity contribution in [3.05, 3.63) is 71.8 Å². The van der Waals surface area contributed by atoms with E-state index < -0.39 is 0 Å². The Labute approximate surface area is 114 Å². The van der Waals surface area contributed by atoms with Crippen molar-refractivity contribution in [2.75, 3.05) is 6.54 Å². The van der Waals surface area contributed by atoms with Crippen LogP contribution < -0.4 is 0 Å². The van der Waals surface area contributed by atoms with Crippen molar-refractivity contribution in [2.24, 2.45) is 0 Å². The minimum absolute atomic E-state index is 0.199. The van der Waals surface area contributed by atoms with Crippen LogP contribution in [0.4, 0.5) is 0 Å². The molecule has 3 rings (SSSR count). The van der Waals surface area contributed by atoms with E-state index in [4.69, 9.17) is 0 Å². The molecule has 0 radical (unpaired) electrons. The quantitative estimate of drug-likeness (QED) is 0.909. The molecule has 2 nitrogen and oxygen atoms in total. The number of nitrogens with zero attached hydrogens (tertiary/aromatic N) is 1. The number of aliphatic hydroxyl groups is 1. The van der Waals surface area contributed by atoms with Crippen LogP contribution in [0, 0.1) is 0 Å². The zero-order valence-corrected chi connectivity index (χ0v) is 11.1. The third-order valence-corrected chi connectivity index (χ3v) is 4.04. The van der Waals surface area contributed by atoms with Gasteiger partial charge in [0, 0.05) is 12.6 Å². The Kier molecular flexibility index (Phi) is 3.36. The molecule has 0 bridgehead atoms. The summed E-state index contributed by atoms with van der Waals surface area (Å²) in [6, 6.07) is 21.5. The third-order valence-electron chi connectivity index (χ3n) is 4.04. The van der Waals surface area contributed by atoms with Crippen LogP contribution in [0.3, 0.4) is 0 Å². The van der Waals surface area contributed by atoms with Gasteiger partial charge in [-0.05, 0) is 18.1 Å². The van der Waals surface area contributed by atoms with Crippen LogP contribution in [0.5, 0.6) is 0 Å². The average molecular weight is 253 g/mol. The Morgan fingerprint density at radius 1 is 0.947 bits per heavy atom. The van der Waals surface area contributed by atoms with Gasteiger partial charge >= 0.3 is 0 Å². The van der Waals surface area contributed by atoms with E-state index in [0.717, 1.165) is 6.54 Å². The summed E-state index contributed by atoms with van der Waals surface area (Å²) < 4.78 is 0. The smallest absolute Gasteiger partial charge is 0.0820 e. The minimum atomic E-state index is -0.199. The van der Waals surface area contributed by atoms with Crippen LogP contribution in [0.25, 0.3) is 0 Å². The molecule has 1 aliphatic heterocycles. The van der Waals surface area contributed by atoms with E-state index in [1.165, 1.54) is 11.1 Å². The molecule has 0 aliphatic carbocycles. The van der Waals surface area contributed by atoms with Crippen LogP contribution >= 0.6 is 0 Å². The van der Waals surface area contributed by atoms with E-state index in [2.05, 4.69) is 60.4 Å².